The lowest BCUT2D eigenvalue weighted by Gasteiger charge is -2.25. The highest BCUT2D eigenvalue weighted by Crippen LogP contribution is 2.56. The fourth-order valence-corrected chi connectivity index (χ4v) is 7.97. The summed E-state index contributed by atoms with van der Waals surface area (Å²) in [6.07, 6.45) is 0. The van der Waals surface area contributed by atoms with Gasteiger partial charge in [0.25, 0.3) is 0 Å². The molecule has 0 bridgehead atoms. The Morgan fingerprint density at radius 1 is 0.400 bits per heavy atom. The van der Waals surface area contributed by atoms with Crippen LogP contribution in [0, 0.1) is 0 Å². The van der Waals surface area contributed by atoms with Gasteiger partial charge in [0.15, 0.2) is 0 Å². The third kappa shape index (κ3) is 1.94. The highest BCUT2D eigenvalue weighted by Gasteiger charge is 2.27. The zero-order valence-corrected chi connectivity index (χ0v) is 21.8. The van der Waals surface area contributed by atoms with E-state index in [1.165, 1.54) is 48.5 Å². The Labute approximate surface area is 210 Å². The number of benzene rings is 7. The summed E-state index contributed by atoms with van der Waals surface area (Å²) < 4.78 is 2.04. The van der Waals surface area contributed by atoms with E-state index in [4.69, 9.17) is 50.5 Å². The van der Waals surface area contributed by atoms with E-state index in [1.807, 2.05) is 0 Å². The molecule has 6 heteroatoms. The van der Waals surface area contributed by atoms with E-state index >= 15 is 0 Å². The lowest BCUT2D eigenvalue weighted by Crippen LogP contribution is -1.97. The Hall–Kier alpha value is -0.760. The molecule has 0 radical (unpaired) electrons. The zero-order chi connectivity index (χ0) is 20.6. The molecule has 144 valence electrons. The minimum atomic E-state index is 0.832. The fraction of sp³-hybridized carbons (Fsp3) is 0. The van der Waals surface area contributed by atoms with E-state index in [2.05, 4.69) is 68.3 Å². The molecule has 0 saturated carbocycles. The van der Waals surface area contributed by atoms with Crippen LogP contribution in [0.25, 0.3) is 64.6 Å². The lowest BCUT2D eigenvalue weighted by molar-refractivity contribution is 1.29. The van der Waals surface area contributed by atoms with Gasteiger partial charge in [-0.1, -0.05) is 36.4 Å². The van der Waals surface area contributed by atoms with E-state index in [1.54, 1.807) is 0 Å². The molecule has 0 atom stereocenters. The number of thiol groups is 4. The van der Waals surface area contributed by atoms with Crippen molar-refractivity contribution in [1.29, 1.82) is 0 Å². The van der Waals surface area contributed by atoms with Gasteiger partial charge < -0.3 is 0 Å². The smallest absolute Gasteiger partial charge is 0.0414 e. The molecule has 0 N–H and O–H groups in total. The van der Waals surface area contributed by atoms with Gasteiger partial charge in [-0.25, -0.2) is 0 Å². The van der Waals surface area contributed by atoms with Crippen molar-refractivity contribution in [2.45, 2.75) is 19.6 Å². The van der Waals surface area contributed by atoms with Crippen molar-refractivity contribution in [1.82, 2.24) is 0 Å². The Kier molecular flexibility index (Phi) is 3.74. The van der Waals surface area contributed by atoms with Crippen LogP contribution < -0.4 is 0 Å². The van der Waals surface area contributed by atoms with E-state index < -0.39 is 0 Å². The Morgan fingerprint density at radius 3 is 1.53 bits per heavy atom. The van der Waals surface area contributed by atoms with Crippen LogP contribution in [0.3, 0.4) is 0 Å². The summed E-state index contributed by atoms with van der Waals surface area (Å²) in [5.74, 6) is 0. The van der Waals surface area contributed by atoms with Gasteiger partial charge in [0.2, 0.25) is 0 Å². The van der Waals surface area contributed by atoms with Crippen molar-refractivity contribution in [3.63, 3.8) is 0 Å². The van der Waals surface area contributed by atoms with Crippen LogP contribution in [0.2, 0.25) is 0 Å². The first-order chi connectivity index (χ1) is 14.4. The van der Waals surface area contributed by atoms with Crippen molar-refractivity contribution >= 4 is 147 Å². The number of halogens is 2. The van der Waals surface area contributed by atoms with Crippen LogP contribution in [0.5, 0.6) is 0 Å². The van der Waals surface area contributed by atoms with Gasteiger partial charge in [-0.05, 0) is 74.9 Å². The highest BCUT2D eigenvalue weighted by molar-refractivity contribution is 9.13. The van der Waals surface area contributed by atoms with Crippen LogP contribution in [-0.4, -0.2) is 0 Å². The molecular weight excluding hydrogens is 576 g/mol. The molecule has 0 saturated heterocycles. The molecule has 0 unspecified atom stereocenters. The number of rotatable bonds is 0. The summed E-state index contributed by atoms with van der Waals surface area (Å²) in [7, 11) is 0. The topological polar surface area (TPSA) is 0 Å². The molecule has 0 aliphatic rings. The minimum Gasteiger partial charge on any atom is -0.142 e. The molecule has 7 rings (SSSR count). The maximum absolute atomic E-state index is 4.93. The fourth-order valence-electron chi connectivity index (χ4n) is 5.27. The van der Waals surface area contributed by atoms with Crippen LogP contribution in [0.1, 0.15) is 0 Å². The summed E-state index contributed by atoms with van der Waals surface area (Å²) in [5, 5.41) is 14.4. The molecule has 0 heterocycles. The predicted molar refractivity (Wildman–Crippen MR) is 149 cm³/mol. The normalized spacial score (nSPS) is 13.0. The van der Waals surface area contributed by atoms with Crippen LogP contribution >= 0.6 is 82.4 Å². The van der Waals surface area contributed by atoms with Crippen LogP contribution in [0.4, 0.5) is 0 Å². The Balaban J connectivity index is 2.10. The molecule has 0 nitrogen and oxygen atoms in total. The highest BCUT2D eigenvalue weighted by atomic mass is 79.9. The van der Waals surface area contributed by atoms with Crippen molar-refractivity contribution in [2.24, 2.45) is 0 Å². The third-order valence-corrected chi connectivity index (χ3v) is 10.8. The second kappa shape index (κ2) is 5.97. The van der Waals surface area contributed by atoms with Gasteiger partial charge in [-0.15, -0.1) is 50.5 Å². The number of hydrogen-bond acceptors (Lipinski definition) is 4. The lowest BCUT2D eigenvalue weighted by atomic mass is 9.83. The first-order valence-electron chi connectivity index (χ1n) is 9.25. The third-order valence-electron chi connectivity index (χ3n) is 6.48. The molecule has 0 aromatic heterocycles. The summed E-state index contributed by atoms with van der Waals surface area (Å²) in [6.45, 7) is 0. The van der Waals surface area contributed by atoms with Crippen molar-refractivity contribution < 1.29 is 0 Å². The molecule has 30 heavy (non-hydrogen) atoms. The maximum atomic E-state index is 4.93. The zero-order valence-electron chi connectivity index (χ0n) is 15.0. The van der Waals surface area contributed by atoms with Gasteiger partial charge in [0.1, 0.15) is 0 Å². The number of hydrogen-bond donors (Lipinski definition) is 4. The first-order valence-corrected chi connectivity index (χ1v) is 12.6. The van der Waals surface area contributed by atoms with E-state index in [0.717, 1.165) is 44.7 Å². The molecule has 0 amide bonds. The largest absolute Gasteiger partial charge is 0.142 e. The van der Waals surface area contributed by atoms with Gasteiger partial charge in [0, 0.05) is 50.1 Å². The Bertz CT molecular complexity index is 1720. The van der Waals surface area contributed by atoms with Gasteiger partial charge in [-0.2, -0.15) is 0 Å². The summed E-state index contributed by atoms with van der Waals surface area (Å²) >= 11 is 27.4. The van der Waals surface area contributed by atoms with Gasteiger partial charge in [-0.3, -0.25) is 0 Å². The van der Waals surface area contributed by atoms with Crippen molar-refractivity contribution in [3.8, 4) is 0 Å². The molecule has 0 spiro atoms. The SMILES string of the molecule is Sc1c(S)c2c(S)c(S)c3c(Br)c(Br)c4ccc5ccc6ccc1c1c6c5c4c3c21. The average Bonchev–Trinajstić information content (AvgIpc) is 2.75. The van der Waals surface area contributed by atoms with E-state index in [9.17, 15) is 0 Å². The van der Waals surface area contributed by atoms with Crippen LogP contribution in [0.15, 0.2) is 64.9 Å². The molecule has 7 aromatic rings. The van der Waals surface area contributed by atoms with Gasteiger partial charge in [0.05, 0.1) is 0 Å². The molecule has 0 aliphatic carbocycles. The van der Waals surface area contributed by atoms with E-state index in [0.29, 0.717) is 0 Å². The van der Waals surface area contributed by atoms with Crippen molar-refractivity contribution in [2.75, 3.05) is 0 Å². The first kappa shape index (κ1) is 18.8. The summed E-state index contributed by atoms with van der Waals surface area (Å²) in [5.41, 5.74) is 0. The standard InChI is InChI=1S/C24H10Br2S4/c25-19-9-5-3-7-1-2-8-4-6-10-14-12(8)11(7)13(9)15-16(14)18(23(29)21(10)27)24(30)22(28)17(15)20(19)26/h1-6,27-30H. The Morgan fingerprint density at radius 2 is 0.867 bits per heavy atom. The average molecular weight is 586 g/mol. The summed E-state index contributed by atoms with van der Waals surface area (Å²) in [4.78, 5) is 3.41. The quantitative estimate of drug-likeness (QED) is 0.0760. The van der Waals surface area contributed by atoms with Crippen molar-refractivity contribution in [3.05, 3.63) is 45.3 Å². The maximum Gasteiger partial charge on any atom is 0.0414 e. The van der Waals surface area contributed by atoms with E-state index in [-0.39, 0.29) is 0 Å². The molecule has 0 fully saturated rings. The minimum absolute atomic E-state index is 0.832. The van der Waals surface area contributed by atoms with Gasteiger partial charge >= 0.3 is 0 Å². The summed E-state index contributed by atoms with van der Waals surface area (Å²) in [6, 6.07) is 13.2. The second-order valence-electron chi connectivity index (χ2n) is 7.76. The predicted octanol–water partition coefficient (Wildman–Crippen LogP) is 9.60. The monoisotopic (exact) mass is 584 g/mol. The molecule has 7 aromatic carbocycles. The molecule has 0 aliphatic heterocycles. The molecular formula is C24H10Br2S4. The van der Waals surface area contributed by atoms with Crippen LogP contribution in [-0.2, 0) is 0 Å². The second-order valence-corrected chi connectivity index (χ2v) is 11.1.